The van der Waals surface area contributed by atoms with Gasteiger partial charge < -0.3 is 5.32 Å². The van der Waals surface area contributed by atoms with E-state index in [0.29, 0.717) is 12.1 Å². The third kappa shape index (κ3) is 3.84. The molecule has 0 saturated heterocycles. The molecule has 1 aromatic carbocycles. The van der Waals surface area contributed by atoms with Crippen molar-refractivity contribution in [2.45, 2.75) is 45.7 Å². The van der Waals surface area contributed by atoms with Crippen molar-refractivity contribution in [3.8, 4) is 0 Å². The van der Waals surface area contributed by atoms with Gasteiger partial charge in [0.05, 0.1) is 0 Å². The molecule has 1 aromatic rings. The zero-order valence-corrected chi connectivity index (χ0v) is 10.5. The summed E-state index contributed by atoms with van der Waals surface area (Å²) in [7, 11) is 0. The highest BCUT2D eigenvalue weighted by Crippen LogP contribution is 2.22. The van der Waals surface area contributed by atoms with E-state index in [9.17, 15) is 0 Å². The maximum absolute atomic E-state index is 6.14. The van der Waals surface area contributed by atoms with Crippen molar-refractivity contribution in [1.82, 2.24) is 5.32 Å². The van der Waals surface area contributed by atoms with Gasteiger partial charge in [-0.1, -0.05) is 43.1 Å². The van der Waals surface area contributed by atoms with Crippen molar-refractivity contribution in [3.05, 3.63) is 34.9 Å². The third-order valence-corrected chi connectivity index (χ3v) is 2.97. The Morgan fingerprint density at radius 3 is 2.53 bits per heavy atom. The van der Waals surface area contributed by atoms with Crippen LogP contribution in [0.1, 0.15) is 45.2 Å². The molecule has 0 spiro atoms. The molecule has 0 fully saturated rings. The van der Waals surface area contributed by atoms with E-state index < -0.39 is 0 Å². The lowest BCUT2D eigenvalue weighted by atomic mass is 10.1. The zero-order chi connectivity index (χ0) is 11.3. The molecule has 0 aliphatic rings. The molecule has 1 nitrogen and oxygen atoms in total. The van der Waals surface area contributed by atoms with Crippen LogP contribution in [0.4, 0.5) is 0 Å². The minimum Gasteiger partial charge on any atom is -0.308 e. The molecule has 1 rings (SSSR count). The Kier molecular flexibility index (Phi) is 5.13. The maximum Gasteiger partial charge on any atom is 0.0453 e. The van der Waals surface area contributed by atoms with E-state index >= 15 is 0 Å². The molecule has 84 valence electrons. The van der Waals surface area contributed by atoms with E-state index in [-0.39, 0.29) is 0 Å². The van der Waals surface area contributed by atoms with Crippen LogP contribution in [0.15, 0.2) is 24.3 Å². The van der Waals surface area contributed by atoms with Gasteiger partial charge in [0.2, 0.25) is 0 Å². The lowest BCUT2D eigenvalue weighted by Gasteiger charge is -2.20. The predicted molar refractivity (Wildman–Crippen MR) is 67.4 cm³/mol. The highest BCUT2D eigenvalue weighted by molar-refractivity contribution is 6.31. The summed E-state index contributed by atoms with van der Waals surface area (Å²) in [6.07, 6.45) is 2.41. The van der Waals surface area contributed by atoms with E-state index in [1.54, 1.807) is 0 Å². The van der Waals surface area contributed by atoms with E-state index in [0.717, 1.165) is 5.02 Å². The normalized spacial score (nSPS) is 14.9. The number of hydrogen-bond donors (Lipinski definition) is 1. The largest absolute Gasteiger partial charge is 0.308 e. The van der Waals surface area contributed by atoms with Crippen LogP contribution in [0.2, 0.25) is 5.02 Å². The summed E-state index contributed by atoms with van der Waals surface area (Å²) in [5.74, 6) is 0. The van der Waals surface area contributed by atoms with Crippen LogP contribution in [0, 0.1) is 0 Å². The summed E-state index contributed by atoms with van der Waals surface area (Å²) in [5, 5.41) is 4.40. The Hall–Kier alpha value is -0.530. The SMILES string of the molecule is CCCC(C)NC(C)c1ccccc1Cl. The molecule has 2 atom stereocenters. The fourth-order valence-corrected chi connectivity index (χ4v) is 2.16. The number of nitrogens with one attached hydrogen (secondary N) is 1. The van der Waals surface area contributed by atoms with Crippen molar-refractivity contribution in [2.75, 3.05) is 0 Å². The minimum atomic E-state index is 0.320. The quantitative estimate of drug-likeness (QED) is 0.793. The van der Waals surface area contributed by atoms with Crippen LogP contribution in [-0.2, 0) is 0 Å². The predicted octanol–water partition coefficient (Wildman–Crippen LogP) is 4.18. The lowest BCUT2D eigenvalue weighted by molar-refractivity contribution is 0.453. The van der Waals surface area contributed by atoms with Gasteiger partial charge in [-0.15, -0.1) is 0 Å². The number of rotatable bonds is 5. The van der Waals surface area contributed by atoms with Crippen LogP contribution >= 0.6 is 11.6 Å². The molecule has 0 radical (unpaired) electrons. The molecule has 0 aliphatic heterocycles. The molecule has 0 saturated carbocycles. The molecule has 1 N–H and O–H groups in total. The zero-order valence-electron chi connectivity index (χ0n) is 9.76. The fraction of sp³-hybridized carbons (Fsp3) is 0.538. The molecular formula is C13H20ClN. The molecule has 0 heterocycles. The first-order valence-electron chi connectivity index (χ1n) is 5.65. The smallest absolute Gasteiger partial charge is 0.0453 e. The van der Waals surface area contributed by atoms with Crippen LogP contribution in [-0.4, -0.2) is 6.04 Å². The summed E-state index contributed by atoms with van der Waals surface area (Å²) in [6, 6.07) is 8.89. The van der Waals surface area contributed by atoms with E-state index in [1.165, 1.54) is 18.4 Å². The Bertz CT molecular complexity index is 298. The highest BCUT2D eigenvalue weighted by Gasteiger charge is 2.10. The summed E-state index contributed by atoms with van der Waals surface area (Å²) < 4.78 is 0. The van der Waals surface area contributed by atoms with Crippen molar-refractivity contribution < 1.29 is 0 Å². The van der Waals surface area contributed by atoms with Gasteiger partial charge in [0, 0.05) is 17.1 Å². The van der Waals surface area contributed by atoms with Gasteiger partial charge in [-0.05, 0) is 31.9 Å². The summed E-state index contributed by atoms with van der Waals surface area (Å²) >= 11 is 6.14. The van der Waals surface area contributed by atoms with Crippen LogP contribution in [0.25, 0.3) is 0 Å². The van der Waals surface area contributed by atoms with Gasteiger partial charge in [0.25, 0.3) is 0 Å². The van der Waals surface area contributed by atoms with Crippen molar-refractivity contribution in [3.63, 3.8) is 0 Å². The first-order chi connectivity index (χ1) is 7.15. The molecular weight excluding hydrogens is 206 g/mol. The second-order valence-corrected chi connectivity index (χ2v) is 4.51. The first kappa shape index (κ1) is 12.5. The molecule has 0 amide bonds. The molecule has 0 aromatic heterocycles. The number of hydrogen-bond acceptors (Lipinski definition) is 1. The molecule has 2 heteroatoms. The van der Waals surface area contributed by atoms with Gasteiger partial charge in [-0.3, -0.25) is 0 Å². The monoisotopic (exact) mass is 225 g/mol. The summed E-state index contributed by atoms with van der Waals surface area (Å²) in [6.45, 7) is 6.59. The lowest BCUT2D eigenvalue weighted by Crippen LogP contribution is -2.28. The van der Waals surface area contributed by atoms with Gasteiger partial charge in [0.15, 0.2) is 0 Å². The van der Waals surface area contributed by atoms with Crippen LogP contribution in [0.5, 0.6) is 0 Å². The van der Waals surface area contributed by atoms with E-state index in [4.69, 9.17) is 11.6 Å². The third-order valence-electron chi connectivity index (χ3n) is 2.63. The first-order valence-corrected chi connectivity index (χ1v) is 6.03. The van der Waals surface area contributed by atoms with E-state index in [2.05, 4.69) is 32.2 Å². The Labute approximate surface area is 97.8 Å². The average molecular weight is 226 g/mol. The van der Waals surface area contributed by atoms with Crippen LogP contribution in [0.3, 0.4) is 0 Å². The highest BCUT2D eigenvalue weighted by atomic mass is 35.5. The Morgan fingerprint density at radius 1 is 1.27 bits per heavy atom. The molecule has 0 aliphatic carbocycles. The second kappa shape index (κ2) is 6.14. The Morgan fingerprint density at radius 2 is 1.93 bits per heavy atom. The summed E-state index contributed by atoms with van der Waals surface area (Å²) in [5.41, 5.74) is 1.18. The molecule has 15 heavy (non-hydrogen) atoms. The van der Waals surface area contributed by atoms with Gasteiger partial charge in [0.1, 0.15) is 0 Å². The average Bonchev–Trinajstić information content (AvgIpc) is 2.18. The van der Waals surface area contributed by atoms with Gasteiger partial charge >= 0.3 is 0 Å². The van der Waals surface area contributed by atoms with Gasteiger partial charge in [-0.25, -0.2) is 0 Å². The molecule has 0 bridgehead atoms. The standard InChI is InChI=1S/C13H20ClN/c1-4-7-10(2)15-11(3)12-8-5-6-9-13(12)14/h5-6,8-11,15H,4,7H2,1-3H3. The maximum atomic E-state index is 6.14. The number of benzene rings is 1. The summed E-state index contributed by atoms with van der Waals surface area (Å²) in [4.78, 5) is 0. The van der Waals surface area contributed by atoms with E-state index in [1.807, 2.05) is 18.2 Å². The fourth-order valence-electron chi connectivity index (χ4n) is 1.86. The van der Waals surface area contributed by atoms with Crippen molar-refractivity contribution in [2.24, 2.45) is 0 Å². The van der Waals surface area contributed by atoms with Crippen molar-refractivity contribution in [1.29, 1.82) is 0 Å². The van der Waals surface area contributed by atoms with Crippen molar-refractivity contribution >= 4 is 11.6 Å². The van der Waals surface area contributed by atoms with Gasteiger partial charge in [-0.2, -0.15) is 0 Å². The molecule has 2 unspecified atom stereocenters. The second-order valence-electron chi connectivity index (χ2n) is 4.10. The topological polar surface area (TPSA) is 12.0 Å². The van der Waals surface area contributed by atoms with Crippen LogP contribution < -0.4 is 5.32 Å². The minimum absolute atomic E-state index is 0.320. The number of halogens is 1. The Balaban J connectivity index is 2.61.